The molecule has 4 heteroatoms. The van der Waals surface area contributed by atoms with Gasteiger partial charge in [-0.1, -0.05) is 82.1 Å². The quantitative estimate of drug-likeness (QED) is 0.339. The number of hydrogen-bond donors (Lipinski definition) is 0. The van der Waals surface area contributed by atoms with Gasteiger partial charge in [0.25, 0.3) is 0 Å². The first-order valence-electron chi connectivity index (χ1n) is 10.8. The second kappa shape index (κ2) is 8.37. The fourth-order valence-electron chi connectivity index (χ4n) is 5.35. The zero-order valence-corrected chi connectivity index (χ0v) is 19.9. The van der Waals surface area contributed by atoms with Gasteiger partial charge >= 0.3 is 0 Å². The molecule has 4 atom stereocenters. The van der Waals surface area contributed by atoms with Crippen molar-refractivity contribution in [1.29, 1.82) is 0 Å². The van der Waals surface area contributed by atoms with Crippen molar-refractivity contribution in [1.82, 2.24) is 0 Å². The van der Waals surface area contributed by atoms with Gasteiger partial charge in [-0.2, -0.15) is 0 Å². The molecule has 5 rings (SSSR count). The molecule has 0 amide bonds. The molecule has 1 heterocycles. The summed E-state index contributed by atoms with van der Waals surface area (Å²) in [6.45, 7) is 3.69. The fourth-order valence-corrected chi connectivity index (χ4v) is 5.74. The molecule has 0 bridgehead atoms. The van der Waals surface area contributed by atoms with Crippen molar-refractivity contribution in [2.24, 2.45) is 11.3 Å². The van der Waals surface area contributed by atoms with Crippen molar-refractivity contribution in [2.75, 3.05) is 13.2 Å². The van der Waals surface area contributed by atoms with Crippen molar-refractivity contribution >= 4 is 27.5 Å². The average molecular weight is 498 g/mol. The average Bonchev–Trinajstić information content (AvgIpc) is 3.46. The minimum absolute atomic E-state index is 0.0466. The summed E-state index contributed by atoms with van der Waals surface area (Å²) in [7, 11) is 0. The zero-order valence-electron chi connectivity index (χ0n) is 17.6. The lowest BCUT2D eigenvalue weighted by atomic mass is 9.74. The standard InChI is InChI=1S/C27H26BrClO2/c1-26(21-9-11-23(28)12-10-21)27(17-22(27)18-31-26)25(20-7-13-24(29)14-8-20)30-16-15-19-5-3-2-4-6-19/h2-14,22,25H,15-18H2,1H3/t22-,25-,26-,27-/m1/s1. The molecule has 3 aromatic carbocycles. The van der Waals surface area contributed by atoms with E-state index in [0.717, 1.165) is 28.9 Å². The monoisotopic (exact) mass is 496 g/mol. The van der Waals surface area contributed by atoms with Crippen LogP contribution in [0.4, 0.5) is 0 Å². The number of benzene rings is 3. The van der Waals surface area contributed by atoms with Crippen LogP contribution >= 0.6 is 27.5 Å². The van der Waals surface area contributed by atoms with Crippen LogP contribution in [0.25, 0.3) is 0 Å². The molecule has 0 spiro atoms. The van der Waals surface area contributed by atoms with Crippen LogP contribution < -0.4 is 0 Å². The molecule has 0 aromatic heterocycles. The van der Waals surface area contributed by atoms with E-state index in [1.807, 2.05) is 18.2 Å². The highest BCUT2D eigenvalue weighted by molar-refractivity contribution is 9.10. The lowest BCUT2D eigenvalue weighted by Crippen LogP contribution is -2.38. The number of halogens is 2. The first-order valence-corrected chi connectivity index (χ1v) is 12.0. The first-order chi connectivity index (χ1) is 15.0. The third kappa shape index (κ3) is 3.76. The Morgan fingerprint density at radius 2 is 1.74 bits per heavy atom. The Labute approximate surface area is 197 Å². The molecule has 0 N–H and O–H groups in total. The van der Waals surface area contributed by atoms with Crippen LogP contribution in [-0.4, -0.2) is 13.2 Å². The minimum atomic E-state index is -0.393. The topological polar surface area (TPSA) is 18.5 Å². The van der Waals surface area contributed by atoms with Crippen molar-refractivity contribution < 1.29 is 9.47 Å². The van der Waals surface area contributed by atoms with Gasteiger partial charge in [0.05, 0.1) is 24.9 Å². The van der Waals surface area contributed by atoms with Crippen LogP contribution in [0.2, 0.25) is 5.02 Å². The Morgan fingerprint density at radius 3 is 2.42 bits per heavy atom. The van der Waals surface area contributed by atoms with Gasteiger partial charge in [0.2, 0.25) is 0 Å². The highest BCUT2D eigenvalue weighted by atomic mass is 79.9. The number of hydrogen-bond acceptors (Lipinski definition) is 2. The molecule has 0 radical (unpaired) electrons. The van der Waals surface area contributed by atoms with E-state index < -0.39 is 5.60 Å². The number of rotatable bonds is 7. The van der Waals surface area contributed by atoms with E-state index in [2.05, 4.69) is 83.5 Å². The smallest absolute Gasteiger partial charge is 0.0991 e. The molecule has 1 aliphatic carbocycles. The van der Waals surface area contributed by atoms with E-state index in [0.29, 0.717) is 12.5 Å². The van der Waals surface area contributed by atoms with Gasteiger partial charge in [-0.3, -0.25) is 0 Å². The van der Waals surface area contributed by atoms with Gasteiger partial charge in [0.1, 0.15) is 0 Å². The zero-order chi connectivity index (χ0) is 21.5. The summed E-state index contributed by atoms with van der Waals surface area (Å²) >= 11 is 9.76. The molecule has 31 heavy (non-hydrogen) atoms. The summed E-state index contributed by atoms with van der Waals surface area (Å²) < 4.78 is 14.3. The number of fused-ring (bicyclic) bond motifs is 1. The molecule has 3 aromatic rings. The highest BCUT2D eigenvalue weighted by Gasteiger charge is 2.74. The molecule has 0 unspecified atom stereocenters. The van der Waals surface area contributed by atoms with Gasteiger partial charge in [0.15, 0.2) is 0 Å². The Morgan fingerprint density at radius 1 is 1.03 bits per heavy atom. The van der Waals surface area contributed by atoms with Gasteiger partial charge in [0, 0.05) is 14.9 Å². The van der Waals surface area contributed by atoms with Gasteiger partial charge in [-0.05, 0) is 66.6 Å². The van der Waals surface area contributed by atoms with Gasteiger partial charge in [-0.15, -0.1) is 0 Å². The van der Waals surface area contributed by atoms with Crippen LogP contribution in [0.5, 0.6) is 0 Å². The maximum absolute atomic E-state index is 6.71. The molecule has 2 aliphatic rings. The van der Waals surface area contributed by atoms with Crippen molar-refractivity contribution in [3.63, 3.8) is 0 Å². The summed E-state index contributed by atoms with van der Waals surface area (Å²) in [5, 5.41) is 0.745. The normalized spacial score (nSPS) is 27.6. The maximum Gasteiger partial charge on any atom is 0.0991 e. The maximum atomic E-state index is 6.71. The van der Waals surface area contributed by atoms with E-state index in [1.54, 1.807) is 0 Å². The summed E-state index contributed by atoms with van der Waals surface area (Å²) in [6.07, 6.45) is 1.95. The largest absolute Gasteiger partial charge is 0.372 e. The molecule has 1 saturated heterocycles. The summed E-state index contributed by atoms with van der Waals surface area (Å²) in [5.74, 6) is 0.499. The third-order valence-corrected chi connectivity index (χ3v) is 7.95. The molecular formula is C27H26BrClO2. The van der Waals surface area contributed by atoms with Crippen LogP contribution in [0.3, 0.4) is 0 Å². The lowest BCUT2D eigenvalue weighted by Gasteiger charge is -2.40. The molecule has 160 valence electrons. The van der Waals surface area contributed by atoms with Crippen LogP contribution in [0.1, 0.15) is 36.1 Å². The summed E-state index contributed by atoms with van der Waals surface area (Å²) in [4.78, 5) is 0. The molecule has 2 nitrogen and oxygen atoms in total. The Bertz CT molecular complexity index is 1040. The first kappa shape index (κ1) is 21.2. The lowest BCUT2D eigenvalue weighted by molar-refractivity contribution is -0.108. The predicted octanol–water partition coefficient (Wildman–Crippen LogP) is 7.35. The molecule has 2 fully saturated rings. The van der Waals surface area contributed by atoms with E-state index in [1.165, 1.54) is 16.7 Å². The number of ether oxygens (including phenoxy) is 2. The van der Waals surface area contributed by atoms with Crippen molar-refractivity contribution in [2.45, 2.75) is 31.5 Å². The predicted molar refractivity (Wildman–Crippen MR) is 128 cm³/mol. The van der Waals surface area contributed by atoms with Crippen LogP contribution in [0.15, 0.2) is 83.3 Å². The van der Waals surface area contributed by atoms with E-state index >= 15 is 0 Å². The van der Waals surface area contributed by atoms with Crippen molar-refractivity contribution in [3.05, 3.63) is 105 Å². The van der Waals surface area contributed by atoms with E-state index in [9.17, 15) is 0 Å². The van der Waals surface area contributed by atoms with Gasteiger partial charge in [-0.25, -0.2) is 0 Å². The SMILES string of the molecule is C[C@]1(c2ccc(Br)cc2)OC[C@H]2C[C@]21[C@H](OCCc1ccccc1)c1ccc(Cl)cc1. The van der Waals surface area contributed by atoms with E-state index in [-0.39, 0.29) is 11.5 Å². The van der Waals surface area contributed by atoms with Crippen LogP contribution in [-0.2, 0) is 21.5 Å². The minimum Gasteiger partial charge on any atom is -0.372 e. The molecular weight excluding hydrogens is 472 g/mol. The second-order valence-corrected chi connectivity index (χ2v) is 10.2. The Kier molecular flexibility index (Phi) is 5.72. The van der Waals surface area contributed by atoms with Crippen molar-refractivity contribution in [3.8, 4) is 0 Å². The Balaban J connectivity index is 1.48. The van der Waals surface area contributed by atoms with Crippen LogP contribution in [0, 0.1) is 11.3 Å². The fraction of sp³-hybridized carbons (Fsp3) is 0.333. The third-order valence-electron chi connectivity index (χ3n) is 7.17. The Hall–Kier alpha value is -1.65. The highest BCUT2D eigenvalue weighted by Crippen LogP contribution is 2.75. The second-order valence-electron chi connectivity index (χ2n) is 8.83. The molecule has 1 saturated carbocycles. The summed E-state index contributed by atoms with van der Waals surface area (Å²) in [6, 6.07) is 27.2. The van der Waals surface area contributed by atoms with E-state index in [4.69, 9.17) is 21.1 Å². The molecule has 1 aliphatic heterocycles. The van der Waals surface area contributed by atoms with Gasteiger partial charge < -0.3 is 9.47 Å². The summed E-state index contributed by atoms with van der Waals surface area (Å²) in [5.41, 5.74) is 3.21.